The molecule has 0 bridgehead atoms. The zero-order chi connectivity index (χ0) is 15.4. The number of amides is 2. The third-order valence-corrected chi connectivity index (χ3v) is 3.62. The van der Waals surface area contributed by atoms with Gasteiger partial charge in [0, 0.05) is 19.2 Å². The Bertz CT molecular complexity index is 545. The number of rotatable bonds is 4. The molecule has 3 N–H and O–H groups in total. The fraction of sp³-hybridized carbons (Fsp3) is 0.467. The first-order valence-electron chi connectivity index (χ1n) is 7.13. The number of likely N-dealkylation sites (N-methyl/N-ethyl adjacent to an activating group) is 1. The molecule has 0 aromatic heterocycles. The Balaban J connectivity index is 2.19. The molecule has 1 aliphatic heterocycles. The molecule has 1 unspecified atom stereocenters. The highest BCUT2D eigenvalue weighted by Gasteiger charge is 2.34. The molecule has 6 nitrogen and oxygen atoms in total. The number of anilines is 1. The van der Waals surface area contributed by atoms with Crippen molar-refractivity contribution in [3.05, 3.63) is 23.8 Å². The van der Waals surface area contributed by atoms with Gasteiger partial charge in [-0.3, -0.25) is 9.59 Å². The molecule has 1 heterocycles. The summed E-state index contributed by atoms with van der Waals surface area (Å²) in [6.07, 6.45) is 1.52. The van der Waals surface area contributed by atoms with Gasteiger partial charge in [-0.25, -0.2) is 0 Å². The van der Waals surface area contributed by atoms with Gasteiger partial charge in [-0.1, -0.05) is 0 Å². The van der Waals surface area contributed by atoms with Crippen molar-refractivity contribution >= 4 is 17.5 Å². The van der Waals surface area contributed by atoms with Gasteiger partial charge in [-0.15, -0.1) is 0 Å². The quantitative estimate of drug-likeness (QED) is 0.811. The molecule has 6 heteroatoms. The fourth-order valence-electron chi connectivity index (χ4n) is 2.58. The number of hydrogen-bond donors (Lipinski definition) is 2. The lowest BCUT2D eigenvalue weighted by molar-refractivity contribution is -0.124. The lowest BCUT2D eigenvalue weighted by atomic mass is 10.1. The number of hydrogen-bond acceptors (Lipinski definition) is 4. The Hall–Kier alpha value is -2.24. The van der Waals surface area contributed by atoms with Crippen LogP contribution in [0.4, 0.5) is 5.69 Å². The third kappa shape index (κ3) is 3.09. The number of benzene rings is 1. The second-order valence-corrected chi connectivity index (χ2v) is 4.96. The summed E-state index contributed by atoms with van der Waals surface area (Å²) in [4.78, 5) is 26.0. The van der Waals surface area contributed by atoms with Crippen LogP contribution < -0.4 is 15.8 Å². The monoisotopic (exact) mass is 291 g/mol. The van der Waals surface area contributed by atoms with Crippen LogP contribution in [0, 0.1) is 0 Å². The maximum atomic E-state index is 12.5. The summed E-state index contributed by atoms with van der Waals surface area (Å²) in [5.41, 5.74) is 6.80. The second kappa shape index (κ2) is 6.47. The molecule has 0 spiro atoms. The Labute approximate surface area is 124 Å². The molecule has 1 aromatic carbocycles. The van der Waals surface area contributed by atoms with Gasteiger partial charge in [-0.2, -0.15) is 0 Å². The molecule has 1 saturated heterocycles. The minimum absolute atomic E-state index is 0.125. The molecule has 114 valence electrons. The van der Waals surface area contributed by atoms with Crippen LogP contribution in [0.2, 0.25) is 0 Å². The van der Waals surface area contributed by atoms with Crippen molar-refractivity contribution in [3.8, 4) is 5.75 Å². The summed E-state index contributed by atoms with van der Waals surface area (Å²) in [5.74, 6) is 0.272. The number of ether oxygens (including phenoxy) is 1. The van der Waals surface area contributed by atoms with Crippen molar-refractivity contribution in [2.24, 2.45) is 0 Å². The number of nitrogens with two attached hydrogens (primary N) is 1. The molecule has 1 fully saturated rings. The molecule has 0 aliphatic carbocycles. The SMILES string of the molecule is CCOc1ccc(C(=O)N2CCCC2C(=O)NC)cc1N. The Kier molecular flexibility index (Phi) is 4.67. The van der Waals surface area contributed by atoms with Crippen molar-refractivity contribution in [2.45, 2.75) is 25.8 Å². The van der Waals surface area contributed by atoms with E-state index in [1.165, 1.54) is 0 Å². The maximum Gasteiger partial charge on any atom is 0.254 e. The van der Waals surface area contributed by atoms with Crippen LogP contribution in [0.15, 0.2) is 18.2 Å². The molecule has 21 heavy (non-hydrogen) atoms. The summed E-state index contributed by atoms with van der Waals surface area (Å²) in [7, 11) is 1.58. The van der Waals surface area contributed by atoms with Crippen LogP contribution in [0.1, 0.15) is 30.1 Å². The van der Waals surface area contributed by atoms with Gasteiger partial charge in [0.1, 0.15) is 11.8 Å². The average molecular weight is 291 g/mol. The topological polar surface area (TPSA) is 84.7 Å². The Morgan fingerprint density at radius 3 is 2.86 bits per heavy atom. The van der Waals surface area contributed by atoms with Crippen LogP contribution in [0.25, 0.3) is 0 Å². The minimum atomic E-state index is -0.393. The second-order valence-electron chi connectivity index (χ2n) is 4.96. The lowest BCUT2D eigenvalue weighted by Crippen LogP contribution is -2.44. The van der Waals surface area contributed by atoms with Gasteiger partial charge in [0.15, 0.2) is 0 Å². The van der Waals surface area contributed by atoms with Crippen LogP contribution in [-0.2, 0) is 4.79 Å². The standard InChI is InChI=1S/C15H21N3O3/c1-3-21-13-7-6-10(9-11(13)16)15(20)18-8-4-5-12(18)14(19)17-2/h6-7,9,12H,3-5,8,16H2,1-2H3,(H,17,19). The van der Waals surface area contributed by atoms with Crippen molar-refractivity contribution < 1.29 is 14.3 Å². The molecule has 0 saturated carbocycles. The average Bonchev–Trinajstić information content (AvgIpc) is 2.97. The molecule has 1 atom stereocenters. The van der Waals surface area contributed by atoms with Crippen molar-refractivity contribution in [1.82, 2.24) is 10.2 Å². The third-order valence-electron chi connectivity index (χ3n) is 3.62. The first-order chi connectivity index (χ1) is 10.1. The fourth-order valence-corrected chi connectivity index (χ4v) is 2.58. The van der Waals surface area contributed by atoms with E-state index in [9.17, 15) is 9.59 Å². The van der Waals surface area contributed by atoms with Gasteiger partial charge < -0.3 is 20.7 Å². The number of nitrogens with zero attached hydrogens (tertiary/aromatic N) is 1. The zero-order valence-electron chi connectivity index (χ0n) is 12.4. The highest BCUT2D eigenvalue weighted by atomic mass is 16.5. The first-order valence-corrected chi connectivity index (χ1v) is 7.13. The van der Waals surface area contributed by atoms with E-state index in [2.05, 4.69) is 5.32 Å². The van der Waals surface area contributed by atoms with E-state index in [4.69, 9.17) is 10.5 Å². The van der Waals surface area contributed by atoms with Crippen molar-refractivity contribution in [3.63, 3.8) is 0 Å². The summed E-state index contributed by atoms with van der Waals surface area (Å²) < 4.78 is 5.36. The molecule has 0 radical (unpaired) electrons. The summed E-state index contributed by atoms with van der Waals surface area (Å²) >= 11 is 0. The summed E-state index contributed by atoms with van der Waals surface area (Å²) in [5, 5.41) is 2.60. The Morgan fingerprint density at radius 2 is 2.24 bits per heavy atom. The summed E-state index contributed by atoms with van der Waals surface area (Å²) in [6.45, 7) is 2.98. The zero-order valence-corrected chi connectivity index (χ0v) is 12.4. The highest BCUT2D eigenvalue weighted by molar-refractivity contribution is 5.98. The normalized spacial score (nSPS) is 17.6. The van der Waals surface area contributed by atoms with E-state index in [-0.39, 0.29) is 11.8 Å². The van der Waals surface area contributed by atoms with E-state index in [1.807, 2.05) is 6.92 Å². The molecule has 1 aromatic rings. The van der Waals surface area contributed by atoms with Gasteiger partial charge in [0.05, 0.1) is 12.3 Å². The first kappa shape index (κ1) is 15.2. The molecular formula is C15H21N3O3. The molecule has 1 aliphatic rings. The number of nitrogen functional groups attached to an aromatic ring is 1. The summed E-state index contributed by atoms with van der Waals surface area (Å²) in [6, 6.07) is 4.59. The smallest absolute Gasteiger partial charge is 0.254 e. The number of likely N-dealkylation sites (tertiary alicyclic amines) is 1. The van der Waals surface area contributed by atoms with Gasteiger partial charge >= 0.3 is 0 Å². The number of carbonyl (C=O) groups excluding carboxylic acids is 2. The highest BCUT2D eigenvalue weighted by Crippen LogP contribution is 2.25. The van der Waals surface area contributed by atoms with Crippen LogP contribution >= 0.6 is 0 Å². The van der Waals surface area contributed by atoms with Crippen molar-refractivity contribution in [2.75, 3.05) is 25.9 Å². The lowest BCUT2D eigenvalue weighted by Gasteiger charge is -2.23. The largest absolute Gasteiger partial charge is 0.492 e. The molecular weight excluding hydrogens is 270 g/mol. The predicted molar refractivity (Wildman–Crippen MR) is 80.1 cm³/mol. The van der Waals surface area contributed by atoms with Crippen molar-refractivity contribution in [1.29, 1.82) is 0 Å². The van der Waals surface area contributed by atoms with E-state index in [0.29, 0.717) is 36.6 Å². The maximum absolute atomic E-state index is 12.5. The minimum Gasteiger partial charge on any atom is -0.492 e. The van der Waals surface area contributed by atoms with E-state index in [1.54, 1.807) is 30.1 Å². The number of nitrogens with one attached hydrogen (secondary N) is 1. The molecule has 2 rings (SSSR count). The van der Waals surface area contributed by atoms with Crippen LogP contribution in [0.5, 0.6) is 5.75 Å². The Morgan fingerprint density at radius 1 is 1.48 bits per heavy atom. The predicted octanol–water partition coefficient (Wildman–Crippen LogP) is 1.02. The van der Waals surface area contributed by atoms with E-state index in [0.717, 1.165) is 6.42 Å². The molecule has 2 amide bonds. The number of carbonyl (C=O) groups is 2. The van der Waals surface area contributed by atoms with Crippen LogP contribution in [0.3, 0.4) is 0 Å². The van der Waals surface area contributed by atoms with Gasteiger partial charge in [0.2, 0.25) is 5.91 Å². The van der Waals surface area contributed by atoms with E-state index >= 15 is 0 Å². The van der Waals surface area contributed by atoms with Crippen LogP contribution in [-0.4, -0.2) is 43.0 Å². The van der Waals surface area contributed by atoms with E-state index < -0.39 is 6.04 Å². The van der Waals surface area contributed by atoms with Gasteiger partial charge in [0.25, 0.3) is 5.91 Å². The van der Waals surface area contributed by atoms with Gasteiger partial charge in [-0.05, 0) is 38.0 Å².